The van der Waals surface area contributed by atoms with Gasteiger partial charge < -0.3 is 0 Å². The van der Waals surface area contributed by atoms with Crippen LogP contribution in [0.25, 0.3) is 0 Å². The molecule has 0 heterocycles. The number of hydrogen-bond acceptors (Lipinski definition) is 1. The lowest BCUT2D eigenvalue weighted by atomic mass is 9.95. The van der Waals surface area contributed by atoms with Gasteiger partial charge in [-0.3, -0.25) is 0 Å². The Morgan fingerprint density at radius 1 is 1.50 bits per heavy atom. The highest BCUT2D eigenvalue weighted by molar-refractivity contribution is 5.48. The minimum Gasteiger partial charge on any atom is -0.193 e. The summed E-state index contributed by atoms with van der Waals surface area (Å²) < 4.78 is 0. The molecule has 1 heteroatoms. The Hall–Kier alpha value is -2.51. The molecule has 0 aromatic carbocycles. The third-order valence-electron chi connectivity index (χ3n) is 3.33. The molecule has 20 heavy (non-hydrogen) atoms. The molecule has 2 rings (SSSR count). The van der Waals surface area contributed by atoms with Crippen LogP contribution in [0.3, 0.4) is 0 Å². The molecular weight excluding hydrogens is 242 g/mol. The molecule has 0 bridgehead atoms. The number of hydrogen-bond donors (Lipinski definition) is 0. The van der Waals surface area contributed by atoms with E-state index in [1.807, 2.05) is 19.1 Å². The Labute approximate surface area is 121 Å². The van der Waals surface area contributed by atoms with E-state index < -0.39 is 0 Å². The average Bonchev–Trinajstić information content (AvgIpc) is 2.70. The Balaban J connectivity index is 2.18. The van der Waals surface area contributed by atoms with Gasteiger partial charge in [-0.2, -0.15) is 5.26 Å². The van der Waals surface area contributed by atoms with E-state index in [0.29, 0.717) is 6.42 Å². The Morgan fingerprint density at radius 2 is 2.35 bits per heavy atom. The Kier molecular flexibility index (Phi) is 4.59. The molecule has 0 fully saturated rings. The highest BCUT2D eigenvalue weighted by Crippen LogP contribution is 2.23. The van der Waals surface area contributed by atoms with Gasteiger partial charge in [0.15, 0.2) is 0 Å². The number of nitrogens with zero attached hydrogens (tertiary/aromatic N) is 1. The quantitative estimate of drug-likeness (QED) is 0.682. The minimum absolute atomic E-state index is 0.550. The van der Waals surface area contributed by atoms with Gasteiger partial charge in [0, 0.05) is 12.0 Å². The zero-order valence-electron chi connectivity index (χ0n) is 11.7. The number of nitriles is 1. The van der Waals surface area contributed by atoms with Crippen LogP contribution in [0.1, 0.15) is 26.2 Å². The summed E-state index contributed by atoms with van der Waals surface area (Å²) in [4.78, 5) is 0. The van der Waals surface area contributed by atoms with E-state index in [2.05, 4.69) is 48.8 Å². The standard InChI is InChI=1S/C19H17N/c1-15(2)18-10-6-7-16(13-18)11-12-17-8-4-3-5-9-19(17)14-20/h4,6,8,10-11,13H,1,7,9,12H2,2H3/b16-11-. The molecule has 0 radical (unpaired) electrons. The van der Waals surface area contributed by atoms with E-state index >= 15 is 0 Å². The molecule has 0 aliphatic heterocycles. The lowest BCUT2D eigenvalue weighted by Gasteiger charge is -2.10. The zero-order chi connectivity index (χ0) is 14.4. The lowest BCUT2D eigenvalue weighted by molar-refractivity contribution is 1.14. The second-order valence-electron chi connectivity index (χ2n) is 4.92. The fourth-order valence-electron chi connectivity index (χ4n) is 2.13. The second kappa shape index (κ2) is 6.60. The van der Waals surface area contributed by atoms with Crippen molar-refractivity contribution in [3.8, 4) is 17.9 Å². The van der Waals surface area contributed by atoms with E-state index in [1.54, 1.807) is 0 Å². The summed E-state index contributed by atoms with van der Waals surface area (Å²) >= 11 is 0. The molecule has 1 nitrogen and oxygen atoms in total. The van der Waals surface area contributed by atoms with Crippen LogP contribution < -0.4 is 0 Å². The summed E-state index contributed by atoms with van der Waals surface area (Å²) in [5, 5.41) is 9.17. The van der Waals surface area contributed by atoms with E-state index in [0.717, 1.165) is 29.6 Å². The summed E-state index contributed by atoms with van der Waals surface area (Å²) in [6.45, 7) is 5.99. The molecule has 0 saturated carbocycles. The predicted molar refractivity (Wildman–Crippen MR) is 83.5 cm³/mol. The van der Waals surface area contributed by atoms with Crippen molar-refractivity contribution in [2.75, 3.05) is 0 Å². The van der Waals surface area contributed by atoms with Gasteiger partial charge in [0.05, 0.1) is 6.07 Å². The SMILES string of the molecule is C=C(C)C1=C/C(=C\CC2=C(C#N)CC#CC=C2)CC=C1. The van der Waals surface area contributed by atoms with Gasteiger partial charge in [-0.25, -0.2) is 0 Å². The largest absolute Gasteiger partial charge is 0.193 e. The molecule has 0 spiro atoms. The summed E-state index contributed by atoms with van der Waals surface area (Å²) in [5.74, 6) is 5.89. The normalized spacial score (nSPS) is 19.0. The van der Waals surface area contributed by atoms with Crippen LogP contribution in [-0.2, 0) is 0 Å². The van der Waals surface area contributed by atoms with Crippen molar-refractivity contribution in [2.45, 2.75) is 26.2 Å². The topological polar surface area (TPSA) is 23.8 Å². The summed E-state index contributed by atoms with van der Waals surface area (Å²) in [6.07, 6.45) is 14.7. The molecule has 0 saturated heterocycles. The van der Waals surface area contributed by atoms with Crippen LogP contribution in [0.4, 0.5) is 0 Å². The third-order valence-corrected chi connectivity index (χ3v) is 3.33. The predicted octanol–water partition coefficient (Wildman–Crippen LogP) is 4.55. The van der Waals surface area contributed by atoms with E-state index in [4.69, 9.17) is 0 Å². The fourth-order valence-corrected chi connectivity index (χ4v) is 2.13. The van der Waals surface area contributed by atoms with Crippen LogP contribution in [-0.4, -0.2) is 0 Å². The van der Waals surface area contributed by atoms with E-state index in [1.165, 1.54) is 11.1 Å². The van der Waals surface area contributed by atoms with Crippen molar-refractivity contribution < 1.29 is 0 Å². The number of rotatable bonds is 3. The molecule has 0 N–H and O–H groups in total. The summed E-state index contributed by atoms with van der Waals surface area (Å²) in [6, 6.07) is 2.26. The van der Waals surface area contributed by atoms with Gasteiger partial charge >= 0.3 is 0 Å². The third kappa shape index (κ3) is 3.50. The van der Waals surface area contributed by atoms with Crippen molar-refractivity contribution in [1.82, 2.24) is 0 Å². The highest BCUT2D eigenvalue weighted by atomic mass is 14.2. The first kappa shape index (κ1) is 13.9. The summed E-state index contributed by atoms with van der Waals surface area (Å²) in [7, 11) is 0. The van der Waals surface area contributed by atoms with Crippen LogP contribution in [0.5, 0.6) is 0 Å². The minimum atomic E-state index is 0.550. The molecule has 2 aliphatic carbocycles. The van der Waals surface area contributed by atoms with Gasteiger partial charge in [-0.05, 0) is 48.6 Å². The Morgan fingerprint density at radius 3 is 3.10 bits per heavy atom. The molecule has 0 atom stereocenters. The lowest BCUT2D eigenvalue weighted by Crippen LogP contribution is -1.91. The molecule has 0 aromatic rings. The van der Waals surface area contributed by atoms with Crippen LogP contribution in [0.15, 0.2) is 70.9 Å². The fraction of sp³-hybridized carbons (Fsp3) is 0.211. The van der Waals surface area contributed by atoms with Gasteiger partial charge in [0.25, 0.3) is 0 Å². The molecular formula is C19H17N. The molecule has 0 aromatic heterocycles. The van der Waals surface area contributed by atoms with Crippen LogP contribution in [0, 0.1) is 23.2 Å². The first-order valence-corrected chi connectivity index (χ1v) is 6.71. The zero-order valence-corrected chi connectivity index (χ0v) is 11.7. The molecule has 2 aliphatic rings. The van der Waals surface area contributed by atoms with Gasteiger partial charge in [-0.15, -0.1) is 0 Å². The van der Waals surface area contributed by atoms with Crippen molar-refractivity contribution in [2.24, 2.45) is 0 Å². The van der Waals surface area contributed by atoms with Crippen molar-refractivity contribution >= 4 is 0 Å². The highest BCUT2D eigenvalue weighted by Gasteiger charge is 2.06. The second-order valence-corrected chi connectivity index (χ2v) is 4.92. The molecule has 98 valence electrons. The van der Waals surface area contributed by atoms with Crippen molar-refractivity contribution in [1.29, 1.82) is 5.26 Å². The van der Waals surface area contributed by atoms with E-state index in [9.17, 15) is 5.26 Å². The van der Waals surface area contributed by atoms with Gasteiger partial charge in [0.2, 0.25) is 0 Å². The summed E-state index contributed by atoms with van der Waals surface area (Å²) in [5.41, 5.74) is 5.35. The smallest absolute Gasteiger partial charge is 0.0960 e. The van der Waals surface area contributed by atoms with Gasteiger partial charge in [0.1, 0.15) is 0 Å². The Bertz CT molecular complexity index is 674. The van der Waals surface area contributed by atoms with Crippen LogP contribution >= 0.6 is 0 Å². The van der Waals surface area contributed by atoms with E-state index in [-0.39, 0.29) is 0 Å². The van der Waals surface area contributed by atoms with Crippen LogP contribution in [0.2, 0.25) is 0 Å². The maximum atomic E-state index is 9.17. The first-order valence-electron chi connectivity index (χ1n) is 6.71. The maximum Gasteiger partial charge on any atom is 0.0960 e. The van der Waals surface area contributed by atoms with Crippen molar-refractivity contribution in [3.63, 3.8) is 0 Å². The van der Waals surface area contributed by atoms with Gasteiger partial charge in [-0.1, -0.05) is 48.3 Å². The molecule has 0 amide bonds. The average molecular weight is 259 g/mol. The molecule has 0 unspecified atom stereocenters. The number of allylic oxidation sites excluding steroid dienone is 11. The first-order chi connectivity index (χ1) is 9.70. The van der Waals surface area contributed by atoms with Crippen molar-refractivity contribution in [3.05, 3.63) is 70.9 Å². The maximum absolute atomic E-state index is 9.17. The monoisotopic (exact) mass is 259 g/mol.